The van der Waals surface area contributed by atoms with Crippen LogP contribution in [0.3, 0.4) is 0 Å². The van der Waals surface area contributed by atoms with Crippen molar-refractivity contribution in [2.24, 2.45) is 0 Å². The van der Waals surface area contributed by atoms with E-state index in [0.717, 1.165) is 29.8 Å². The highest BCUT2D eigenvalue weighted by molar-refractivity contribution is 5.57. The van der Waals surface area contributed by atoms with Crippen molar-refractivity contribution in [1.82, 2.24) is 9.97 Å². The average Bonchev–Trinajstić information content (AvgIpc) is 2.68. The average molecular weight is 370 g/mol. The lowest BCUT2D eigenvalue weighted by Crippen LogP contribution is -2.14. The largest absolute Gasteiger partial charge is 0.494 e. The summed E-state index contributed by atoms with van der Waals surface area (Å²) in [5.41, 5.74) is 1.56. The van der Waals surface area contributed by atoms with Crippen LogP contribution in [-0.2, 0) is 4.74 Å². The summed E-state index contributed by atoms with van der Waals surface area (Å²) in [6, 6.07) is 7.40. The number of hydrogen-bond acceptors (Lipinski definition) is 6. The molecule has 142 valence electrons. The number of nitrogens with zero attached hydrogens (tertiary/aromatic N) is 2. The molecule has 7 heteroatoms. The van der Waals surface area contributed by atoms with Crippen molar-refractivity contribution in [2.75, 3.05) is 23.8 Å². The first-order valence-corrected chi connectivity index (χ1v) is 8.97. The van der Waals surface area contributed by atoms with Crippen molar-refractivity contribution >= 4 is 17.5 Å². The van der Waals surface area contributed by atoms with E-state index in [9.17, 15) is 4.39 Å². The van der Waals surface area contributed by atoms with Gasteiger partial charge in [-0.1, -0.05) is 12.2 Å². The first-order chi connectivity index (χ1) is 13.2. The van der Waals surface area contributed by atoms with Crippen molar-refractivity contribution in [3.05, 3.63) is 60.2 Å². The van der Waals surface area contributed by atoms with Crippen LogP contribution in [-0.4, -0.2) is 29.3 Å². The number of ether oxygens (including phenoxy) is 2. The molecule has 1 aromatic heterocycles. The Morgan fingerprint density at radius 3 is 2.63 bits per heavy atom. The fourth-order valence-corrected chi connectivity index (χ4v) is 2.61. The zero-order valence-corrected chi connectivity index (χ0v) is 15.4. The van der Waals surface area contributed by atoms with Gasteiger partial charge in [-0.15, -0.1) is 0 Å². The summed E-state index contributed by atoms with van der Waals surface area (Å²) < 4.78 is 25.0. The second kappa shape index (κ2) is 9.14. The van der Waals surface area contributed by atoms with Crippen molar-refractivity contribution in [3.63, 3.8) is 0 Å². The molecule has 1 atom stereocenters. The van der Waals surface area contributed by atoms with Gasteiger partial charge in [-0.3, -0.25) is 0 Å². The Morgan fingerprint density at radius 1 is 1.15 bits per heavy atom. The number of benzene rings is 1. The second-order valence-corrected chi connectivity index (χ2v) is 5.85. The molecule has 0 amide bonds. The topological polar surface area (TPSA) is 68.3 Å². The number of anilines is 3. The van der Waals surface area contributed by atoms with E-state index in [4.69, 9.17) is 9.47 Å². The van der Waals surface area contributed by atoms with E-state index in [1.54, 1.807) is 0 Å². The van der Waals surface area contributed by atoms with E-state index in [2.05, 4.69) is 20.6 Å². The summed E-state index contributed by atoms with van der Waals surface area (Å²) in [5.74, 6) is 0.681. The lowest BCUT2D eigenvalue weighted by Gasteiger charge is -2.17. The molecule has 1 aromatic carbocycles. The lowest BCUT2D eigenvalue weighted by molar-refractivity contribution is 0.0975. The SMILES string of the molecule is CCOc1ccc(Nc2ncc(F)c(NC3=CCC(OCC)C=C3)n2)cc1. The first-order valence-electron chi connectivity index (χ1n) is 8.97. The van der Waals surface area contributed by atoms with E-state index in [-0.39, 0.29) is 11.9 Å². The molecular weight excluding hydrogens is 347 g/mol. The highest BCUT2D eigenvalue weighted by atomic mass is 19.1. The van der Waals surface area contributed by atoms with Crippen molar-refractivity contribution in [2.45, 2.75) is 26.4 Å². The third-order valence-electron chi connectivity index (χ3n) is 3.87. The molecule has 0 fully saturated rings. The van der Waals surface area contributed by atoms with E-state index in [1.165, 1.54) is 0 Å². The van der Waals surface area contributed by atoms with Crippen LogP contribution in [0.25, 0.3) is 0 Å². The summed E-state index contributed by atoms with van der Waals surface area (Å²) in [6.45, 7) is 5.16. The van der Waals surface area contributed by atoms with E-state index < -0.39 is 5.82 Å². The third kappa shape index (κ3) is 5.27. The van der Waals surface area contributed by atoms with Gasteiger partial charge in [0.05, 0.1) is 18.9 Å². The van der Waals surface area contributed by atoms with Crippen LogP contribution in [0.5, 0.6) is 5.75 Å². The van der Waals surface area contributed by atoms with Crippen LogP contribution in [0, 0.1) is 5.82 Å². The van der Waals surface area contributed by atoms with Gasteiger partial charge in [-0.25, -0.2) is 9.37 Å². The standard InChI is InChI=1S/C20H23FN4O2/c1-3-26-16-9-5-14(6-10-16)23-19-18(21)13-22-20(25-19)24-15-7-11-17(12-8-15)27-4-2/h5-9,11-13,16H,3-4,10H2,1-2H3,(H2,22,23,24,25). The van der Waals surface area contributed by atoms with Gasteiger partial charge in [0.25, 0.3) is 0 Å². The predicted octanol–water partition coefficient (Wildman–Crippen LogP) is 4.42. The molecule has 3 rings (SSSR count). The zero-order chi connectivity index (χ0) is 19.1. The molecule has 2 N–H and O–H groups in total. The van der Waals surface area contributed by atoms with Crippen LogP contribution < -0.4 is 15.4 Å². The second-order valence-electron chi connectivity index (χ2n) is 5.85. The number of halogens is 1. The highest BCUT2D eigenvalue weighted by Gasteiger charge is 2.12. The molecule has 1 aliphatic carbocycles. The molecule has 2 aromatic rings. The number of rotatable bonds is 8. The maximum Gasteiger partial charge on any atom is 0.229 e. The van der Waals surface area contributed by atoms with Gasteiger partial charge in [0.15, 0.2) is 11.6 Å². The monoisotopic (exact) mass is 370 g/mol. The van der Waals surface area contributed by atoms with Gasteiger partial charge >= 0.3 is 0 Å². The summed E-state index contributed by atoms with van der Waals surface area (Å²) in [6.07, 6.45) is 7.71. The Balaban J connectivity index is 1.67. The van der Waals surface area contributed by atoms with Gasteiger partial charge in [0.1, 0.15) is 5.75 Å². The highest BCUT2D eigenvalue weighted by Crippen LogP contribution is 2.21. The summed E-state index contributed by atoms with van der Waals surface area (Å²) in [4.78, 5) is 8.23. The minimum absolute atomic E-state index is 0.0627. The minimum atomic E-state index is -0.520. The fraction of sp³-hybridized carbons (Fsp3) is 0.300. The number of hydrogen-bond donors (Lipinski definition) is 2. The van der Waals surface area contributed by atoms with Gasteiger partial charge in [0, 0.05) is 18.0 Å². The van der Waals surface area contributed by atoms with E-state index in [0.29, 0.717) is 19.2 Å². The first kappa shape index (κ1) is 18.8. The smallest absolute Gasteiger partial charge is 0.229 e. The van der Waals surface area contributed by atoms with Gasteiger partial charge in [-0.2, -0.15) is 4.98 Å². The molecule has 0 saturated heterocycles. The lowest BCUT2D eigenvalue weighted by atomic mass is 10.1. The molecule has 0 spiro atoms. The molecule has 6 nitrogen and oxygen atoms in total. The maximum atomic E-state index is 14.1. The summed E-state index contributed by atoms with van der Waals surface area (Å²) in [7, 11) is 0. The molecule has 0 aliphatic heterocycles. The molecule has 0 radical (unpaired) electrons. The Bertz CT molecular complexity index is 821. The zero-order valence-electron chi connectivity index (χ0n) is 15.4. The molecule has 0 bridgehead atoms. The van der Waals surface area contributed by atoms with E-state index in [1.807, 2.05) is 56.3 Å². The minimum Gasteiger partial charge on any atom is -0.494 e. The Labute approximate surface area is 158 Å². The van der Waals surface area contributed by atoms with Crippen molar-refractivity contribution in [3.8, 4) is 5.75 Å². The number of aromatic nitrogens is 2. The maximum absolute atomic E-state index is 14.1. The third-order valence-corrected chi connectivity index (χ3v) is 3.87. The number of nitrogens with one attached hydrogen (secondary N) is 2. The van der Waals surface area contributed by atoms with Crippen LogP contribution in [0.4, 0.5) is 21.8 Å². The van der Waals surface area contributed by atoms with Gasteiger partial charge in [0.2, 0.25) is 5.95 Å². The quantitative estimate of drug-likeness (QED) is 0.717. The Kier molecular flexibility index (Phi) is 6.38. The molecule has 1 aliphatic rings. The molecule has 1 unspecified atom stereocenters. The van der Waals surface area contributed by atoms with Crippen LogP contribution in [0.2, 0.25) is 0 Å². The fourth-order valence-electron chi connectivity index (χ4n) is 2.61. The summed E-state index contributed by atoms with van der Waals surface area (Å²) >= 11 is 0. The van der Waals surface area contributed by atoms with Gasteiger partial charge in [-0.05, 0) is 50.6 Å². The normalized spacial score (nSPS) is 16.0. The van der Waals surface area contributed by atoms with Crippen molar-refractivity contribution < 1.29 is 13.9 Å². The Hall–Kier alpha value is -2.93. The summed E-state index contributed by atoms with van der Waals surface area (Å²) in [5, 5.41) is 6.06. The van der Waals surface area contributed by atoms with Crippen LogP contribution in [0.1, 0.15) is 20.3 Å². The molecular formula is C20H23FN4O2. The predicted molar refractivity (Wildman–Crippen MR) is 104 cm³/mol. The molecule has 1 heterocycles. The molecule has 0 saturated carbocycles. The Morgan fingerprint density at radius 2 is 1.96 bits per heavy atom. The van der Waals surface area contributed by atoms with Crippen molar-refractivity contribution in [1.29, 1.82) is 0 Å². The van der Waals surface area contributed by atoms with E-state index >= 15 is 0 Å². The molecule has 27 heavy (non-hydrogen) atoms. The van der Waals surface area contributed by atoms with Crippen LogP contribution in [0.15, 0.2) is 54.4 Å². The van der Waals surface area contributed by atoms with Crippen LogP contribution >= 0.6 is 0 Å². The number of allylic oxidation sites excluding steroid dienone is 1. The van der Waals surface area contributed by atoms with Gasteiger partial charge < -0.3 is 20.1 Å².